The number of hydrogen-bond acceptors (Lipinski definition) is 5. The SMILES string of the molecule is COc1nccc(CN2CCC(OC)(C(C)C)C2)n1. The Balaban J connectivity index is 2.01. The van der Waals surface area contributed by atoms with E-state index in [9.17, 15) is 0 Å². The summed E-state index contributed by atoms with van der Waals surface area (Å²) in [5, 5.41) is 0. The van der Waals surface area contributed by atoms with Gasteiger partial charge in [0.15, 0.2) is 0 Å². The van der Waals surface area contributed by atoms with Crippen LogP contribution in [0, 0.1) is 5.92 Å². The Labute approximate surface area is 115 Å². The molecule has 1 fully saturated rings. The maximum Gasteiger partial charge on any atom is 0.316 e. The zero-order chi connectivity index (χ0) is 13.9. The van der Waals surface area contributed by atoms with Crippen LogP contribution in [0.3, 0.4) is 0 Å². The van der Waals surface area contributed by atoms with Crippen LogP contribution in [0.15, 0.2) is 12.3 Å². The van der Waals surface area contributed by atoms with Crippen molar-refractivity contribution in [2.24, 2.45) is 5.92 Å². The lowest BCUT2D eigenvalue weighted by molar-refractivity contribution is -0.0388. The molecule has 0 bridgehead atoms. The molecular formula is C14H23N3O2. The summed E-state index contributed by atoms with van der Waals surface area (Å²) in [7, 11) is 3.40. The number of aromatic nitrogens is 2. The van der Waals surface area contributed by atoms with Gasteiger partial charge < -0.3 is 9.47 Å². The molecule has 1 aliphatic heterocycles. The highest BCUT2D eigenvalue weighted by Gasteiger charge is 2.40. The smallest absolute Gasteiger partial charge is 0.316 e. The second kappa shape index (κ2) is 5.84. The Morgan fingerprint density at radius 1 is 1.42 bits per heavy atom. The zero-order valence-corrected chi connectivity index (χ0v) is 12.2. The topological polar surface area (TPSA) is 47.5 Å². The van der Waals surface area contributed by atoms with Crippen LogP contribution in [0.2, 0.25) is 0 Å². The van der Waals surface area contributed by atoms with Gasteiger partial charge in [-0.05, 0) is 18.4 Å². The molecule has 0 amide bonds. The maximum atomic E-state index is 5.77. The van der Waals surface area contributed by atoms with Gasteiger partial charge in [0.25, 0.3) is 0 Å². The molecule has 0 spiro atoms. The summed E-state index contributed by atoms with van der Waals surface area (Å²) >= 11 is 0. The fraction of sp³-hybridized carbons (Fsp3) is 0.714. The van der Waals surface area contributed by atoms with E-state index in [-0.39, 0.29) is 5.60 Å². The molecule has 0 radical (unpaired) electrons. The molecule has 5 heteroatoms. The van der Waals surface area contributed by atoms with Gasteiger partial charge in [0.2, 0.25) is 0 Å². The van der Waals surface area contributed by atoms with Gasteiger partial charge in [-0.25, -0.2) is 4.98 Å². The molecule has 1 saturated heterocycles. The molecule has 2 rings (SSSR count). The Morgan fingerprint density at radius 3 is 2.79 bits per heavy atom. The van der Waals surface area contributed by atoms with E-state index in [0.717, 1.165) is 31.7 Å². The van der Waals surface area contributed by atoms with Gasteiger partial charge in [0.05, 0.1) is 18.4 Å². The van der Waals surface area contributed by atoms with Gasteiger partial charge in [-0.2, -0.15) is 4.98 Å². The summed E-state index contributed by atoms with van der Waals surface area (Å²) in [5.41, 5.74) is 0.972. The number of likely N-dealkylation sites (tertiary alicyclic amines) is 1. The third-order valence-electron chi connectivity index (χ3n) is 4.06. The largest absolute Gasteiger partial charge is 0.467 e. The number of rotatable bonds is 5. The van der Waals surface area contributed by atoms with Crippen LogP contribution >= 0.6 is 0 Å². The first-order chi connectivity index (χ1) is 9.09. The van der Waals surface area contributed by atoms with Gasteiger partial charge in [-0.1, -0.05) is 13.8 Å². The fourth-order valence-corrected chi connectivity index (χ4v) is 2.68. The van der Waals surface area contributed by atoms with E-state index in [1.165, 1.54) is 0 Å². The molecule has 19 heavy (non-hydrogen) atoms. The lowest BCUT2D eigenvalue weighted by Gasteiger charge is -2.32. The summed E-state index contributed by atoms with van der Waals surface area (Å²) in [5.74, 6) is 0.516. The van der Waals surface area contributed by atoms with Gasteiger partial charge in [0, 0.05) is 32.9 Å². The number of ether oxygens (including phenoxy) is 2. The standard InChI is InChI=1S/C14H23N3O2/c1-11(2)14(19-4)6-8-17(10-14)9-12-5-7-15-13(16-12)18-3/h5,7,11H,6,8-10H2,1-4H3. The van der Waals surface area contributed by atoms with Crippen LogP contribution in [0.25, 0.3) is 0 Å². The van der Waals surface area contributed by atoms with Crippen LogP contribution in [0.1, 0.15) is 26.0 Å². The van der Waals surface area contributed by atoms with E-state index in [2.05, 4.69) is 28.7 Å². The van der Waals surface area contributed by atoms with E-state index in [0.29, 0.717) is 11.9 Å². The quantitative estimate of drug-likeness (QED) is 0.811. The average molecular weight is 265 g/mol. The first kappa shape index (κ1) is 14.2. The van der Waals surface area contributed by atoms with Crippen molar-refractivity contribution in [1.29, 1.82) is 0 Å². The number of nitrogens with zero attached hydrogens (tertiary/aromatic N) is 3. The molecule has 106 valence electrons. The predicted molar refractivity (Wildman–Crippen MR) is 73.1 cm³/mol. The van der Waals surface area contributed by atoms with E-state index >= 15 is 0 Å². The van der Waals surface area contributed by atoms with Crippen LogP contribution in [-0.4, -0.2) is 47.8 Å². The molecule has 5 nitrogen and oxygen atoms in total. The van der Waals surface area contributed by atoms with E-state index in [1.807, 2.05) is 13.2 Å². The summed E-state index contributed by atoms with van der Waals surface area (Å²) < 4.78 is 10.8. The lowest BCUT2D eigenvalue weighted by atomic mass is 9.89. The van der Waals surface area contributed by atoms with Crippen molar-refractivity contribution in [3.63, 3.8) is 0 Å². The van der Waals surface area contributed by atoms with Crippen molar-refractivity contribution in [2.45, 2.75) is 32.4 Å². The van der Waals surface area contributed by atoms with E-state index in [1.54, 1.807) is 13.3 Å². The summed E-state index contributed by atoms with van der Waals surface area (Å²) in [6.45, 7) is 7.25. The molecule has 1 atom stereocenters. The highest BCUT2D eigenvalue weighted by molar-refractivity contribution is 5.06. The first-order valence-electron chi connectivity index (χ1n) is 6.73. The van der Waals surface area contributed by atoms with Gasteiger partial charge >= 0.3 is 6.01 Å². The van der Waals surface area contributed by atoms with Crippen molar-refractivity contribution >= 4 is 0 Å². The predicted octanol–water partition coefficient (Wildman–Crippen LogP) is 1.73. The third kappa shape index (κ3) is 3.04. The number of methoxy groups -OCH3 is 2. The van der Waals surface area contributed by atoms with Crippen molar-refractivity contribution < 1.29 is 9.47 Å². The Bertz CT molecular complexity index is 425. The monoisotopic (exact) mass is 265 g/mol. The zero-order valence-electron chi connectivity index (χ0n) is 12.2. The molecular weight excluding hydrogens is 242 g/mol. The molecule has 0 aromatic carbocycles. The van der Waals surface area contributed by atoms with Crippen LogP contribution in [-0.2, 0) is 11.3 Å². The highest BCUT2D eigenvalue weighted by Crippen LogP contribution is 2.32. The minimum Gasteiger partial charge on any atom is -0.467 e. The van der Waals surface area contributed by atoms with Crippen LogP contribution in [0.5, 0.6) is 6.01 Å². The van der Waals surface area contributed by atoms with Crippen molar-refractivity contribution in [3.05, 3.63) is 18.0 Å². The third-order valence-corrected chi connectivity index (χ3v) is 4.06. The molecule has 1 unspecified atom stereocenters. The summed E-state index contributed by atoms with van der Waals surface area (Å²) in [6.07, 6.45) is 2.81. The van der Waals surface area contributed by atoms with Crippen LogP contribution in [0.4, 0.5) is 0 Å². The van der Waals surface area contributed by atoms with E-state index in [4.69, 9.17) is 9.47 Å². The van der Waals surface area contributed by atoms with Gasteiger partial charge in [0.1, 0.15) is 0 Å². The van der Waals surface area contributed by atoms with Crippen molar-refractivity contribution in [2.75, 3.05) is 27.3 Å². The Hall–Kier alpha value is -1.20. The minimum absolute atomic E-state index is 0.0167. The second-order valence-electron chi connectivity index (χ2n) is 5.42. The molecule has 1 aromatic heterocycles. The maximum absolute atomic E-state index is 5.77. The minimum atomic E-state index is -0.0167. The molecule has 0 N–H and O–H groups in total. The van der Waals surface area contributed by atoms with Gasteiger partial charge in [-0.15, -0.1) is 0 Å². The fourth-order valence-electron chi connectivity index (χ4n) is 2.68. The first-order valence-corrected chi connectivity index (χ1v) is 6.73. The summed E-state index contributed by atoms with van der Waals surface area (Å²) in [4.78, 5) is 10.8. The molecule has 1 aliphatic rings. The molecule has 0 saturated carbocycles. The highest BCUT2D eigenvalue weighted by atomic mass is 16.5. The molecule has 0 aliphatic carbocycles. The summed E-state index contributed by atoms with van der Waals surface area (Å²) in [6, 6.07) is 2.36. The Morgan fingerprint density at radius 2 is 2.21 bits per heavy atom. The Kier molecular flexibility index (Phi) is 4.37. The van der Waals surface area contributed by atoms with Crippen molar-refractivity contribution in [3.8, 4) is 6.01 Å². The second-order valence-corrected chi connectivity index (χ2v) is 5.42. The van der Waals surface area contributed by atoms with Crippen molar-refractivity contribution in [1.82, 2.24) is 14.9 Å². The lowest BCUT2D eigenvalue weighted by Crippen LogP contribution is -2.40. The average Bonchev–Trinajstić information content (AvgIpc) is 2.83. The number of hydrogen-bond donors (Lipinski definition) is 0. The normalized spacial score (nSPS) is 24.1. The molecule has 1 aromatic rings. The molecule has 2 heterocycles. The van der Waals surface area contributed by atoms with E-state index < -0.39 is 0 Å². The van der Waals surface area contributed by atoms with Gasteiger partial charge in [-0.3, -0.25) is 4.90 Å². The van der Waals surface area contributed by atoms with Crippen LogP contribution < -0.4 is 4.74 Å².